The largest absolute Gasteiger partial charge is 0.388 e. The van der Waals surface area contributed by atoms with Gasteiger partial charge in [-0.1, -0.05) is 11.6 Å². The average molecular weight is 248 g/mol. The molecule has 3 nitrogen and oxygen atoms in total. The van der Waals surface area contributed by atoms with Gasteiger partial charge in [-0.15, -0.1) is 0 Å². The summed E-state index contributed by atoms with van der Waals surface area (Å²) in [6.07, 6.45) is 6.00. The second-order valence-corrected chi connectivity index (χ2v) is 5.23. The van der Waals surface area contributed by atoms with E-state index >= 15 is 0 Å². The number of carbonyl (C=O) groups excluding carboxylic acids is 2. The third-order valence-electron chi connectivity index (χ3n) is 3.86. The molecule has 2 aliphatic carbocycles. The zero-order valence-electron chi connectivity index (χ0n) is 10.9. The highest BCUT2D eigenvalue weighted by Gasteiger charge is 2.26. The van der Waals surface area contributed by atoms with E-state index in [1.807, 2.05) is 13.0 Å². The van der Waals surface area contributed by atoms with Crippen LogP contribution in [0.5, 0.6) is 0 Å². The second-order valence-electron chi connectivity index (χ2n) is 5.23. The van der Waals surface area contributed by atoms with Crippen molar-refractivity contribution >= 4 is 11.6 Å². The molecule has 0 saturated heterocycles. The van der Waals surface area contributed by atoms with Gasteiger partial charge in [-0.25, -0.2) is 0 Å². The first kappa shape index (κ1) is 13.2. The summed E-state index contributed by atoms with van der Waals surface area (Å²) in [5.41, 5.74) is 2.34. The van der Waals surface area contributed by atoms with Gasteiger partial charge in [0.15, 0.2) is 11.6 Å². The molecule has 0 bridgehead atoms. The molecule has 0 aromatic heterocycles. The molecule has 0 aromatic rings. The summed E-state index contributed by atoms with van der Waals surface area (Å²) < 4.78 is 0. The van der Waals surface area contributed by atoms with Crippen molar-refractivity contribution in [1.82, 2.24) is 0 Å². The minimum atomic E-state index is -0.801. The zero-order valence-corrected chi connectivity index (χ0v) is 10.9. The van der Waals surface area contributed by atoms with E-state index in [1.54, 1.807) is 0 Å². The Morgan fingerprint density at radius 2 is 1.89 bits per heavy atom. The molecular formula is C15H20O3. The summed E-state index contributed by atoms with van der Waals surface area (Å²) >= 11 is 0. The van der Waals surface area contributed by atoms with Crippen LogP contribution >= 0.6 is 0 Å². The van der Waals surface area contributed by atoms with Crippen molar-refractivity contribution in [3.63, 3.8) is 0 Å². The van der Waals surface area contributed by atoms with E-state index in [9.17, 15) is 14.7 Å². The molecule has 0 spiro atoms. The number of hydrogen-bond acceptors (Lipinski definition) is 3. The first-order chi connectivity index (χ1) is 8.59. The second kappa shape index (κ2) is 5.61. The molecule has 0 aromatic carbocycles. The number of Topliss-reactive ketones (excluding diaryl/α,β-unsaturated/α-hetero) is 2. The van der Waals surface area contributed by atoms with Gasteiger partial charge in [0, 0.05) is 24.8 Å². The smallest absolute Gasteiger partial charge is 0.161 e. The fourth-order valence-electron chi connectivity index (χ4n) is 2.75. The molecule has 3 heteroatoms. The molecule has 18 heavy (non-hydrogen) atoms. The number of rotatable bonds is 3. The van der Waals surface area contributed by atoms with E-state index in [0.717, 1.165) is 36.8 Å². The number of aliphatic hydroxyl groups is 1. The number of hydrogen-bond donors (Lipinski definition) is 1. The zero-order chi connectivity index (χ0) is 13.1. The molecule has 0 saturated carbocycles. The van der Waals surface area contributed by atoms with Crippen LogP contribution in [0.15, 0.2) is 22.8 Å². The SMILES string of the molecule is CC1=C(CC(O)C2=CCCCC2=O)C(=O)CCC1. The van der Waals surface area contributed by atoms with Crippen LogP contribution in [0.4, 0.5) is 0 Å². The van der Waals surface area contributed by atoms with Crippen molar-refractivity contribution in [2.45, 2.75) is 58.0 Å². The number of aliphatic hydroxyl groups excluding tert-OH is 1. The van der Waals surface area contributed by atoms with Gasteiger partial charge in [0.25, 0.3) is 0 Å². The first-order valence-electron chi connectivity index (χ1n) is 6.72. The molecule has 0 radical (unpaired) electrons. The predicted octanol–water partition coefficient (Wildman–Crippen LogP) is 2.49. The van der Waals surface area contributed by atoms with E-state index in [-0.39, 0.29) is 11.6 Å². The van der Waals surface area contributed by atoms with Crippen molar-refractivity contribution < 1.29 is 14.7 Å². The third-order valence-corrected chi connectivity index (χ3v) is 3.86. The maximum atomic E-state index is 11.8. The normalized spacial score (nSPS) is 23.1. The summed E-state index contributed by atoms with van der Waals surface area (Å²) in [5.74, 6) is 0.178. The molecule has 98 valence electrons. The van der Waals surface area contributed by atoms with Crippen molar-refractivity contribution in [2.75, 3.05) is 0 Å². The number of ketones is 2. The molecule has 2 aliphatic rings. The van der Waals surface area contributed by atoms with Crippen LogP contribution in [0.1, 0.15) is 51.9 Å². The Morgan fingerprint density at radius 1 is 1.17 bits per heavy atom. The Hall–Kier alpha value is -1.22. The fraction of sp³-hybridized carbons (Fsp3) is 0.600. The minimum absolute atomic E-state index is 0.0373. The third kappa shape index (κ3) is 2.78. The van der Waals surface area contributed by atoms with Crippen LogP contribution in [-0.2, 0) is 9.59 Å². The highest BCUT2D eigenvalue weighted by Crippen LogP contribution is 2.28. The van der Waals surface area contributed by atoms with Crippen LogP contribution in [0.25, 0.3) is 0 Å². The maximum absolute atomic E-state index is 11.8. The van der Waals surface area contributed by atoms with Crippen LogP contribution in [-0.4, -0.2) is 22.8 Å². The summed E-state index contributed by atoms with van der Waals surface area (Å²) in [7, 11) is 0. The Bertz CT molecular complexity index is 429. The first-order valence-corrected chi connectivity index (χ1v) is 6.72. The molecule has 0 amide bonds. The van der Waals surface area contributed by atoms with E-state index in [4.69, 9.17) is 0 Å². The lowest BCUT2D eigenvalue weighted by Gasteiger charge is -2.22. The maximum Gasteiger partial charge on any atom is 0.161 e. The van der Waals surface area contributed by atoms with Gasteiger partial charge in [-0.3, -0.25) is 9.59 Å². The molecule has 1 unspecified atom stereocenters. The topological polar surface area (TPSA) is 54.4 Å². The van der Waals surface area contributed by atoms with E-state index in [1.165, 1.54) is 0 Å². The monoisotopic (exact) mass is 248 g/mol. The summed E-state index contributed by atoms with van der Waals surface area (Å²) in [6.45, 7) is 1.95. The average Bonchev–Trinajstić information content (AvgIpc) is 2.34. The van der Waals surface area contributed by atoms with Crippen LogP contribution < -0.4 is 0 Å². The molecule has 0 heterocycles. The highest BCUT2D eigenvalue weighted by molar-refractivity contribution is 5.99. The van der Waals surface area contributed by atoms with Gasteiger partial charge in [0.05, 0.1) is 6.10 Å². The van der Waals surface area contributed by atoms with Crippen molar-refractivity contribution in [2.24, 2.45) is 0 Å². The minimum Gasteiger partial charge on any atom is -0.388 e. The number of carbonyl (C=O) groups is 2. The van der Waals surface area contributed by atoms with Gasteiger partial charge in [-0.2, -0.15) is 0 Å². The lowest BCUT2D eigenvalue weighted by atomic mass is 9.85. The van der Waals surface area contributed by atoms with Gasteiger partial charge in [0.1, 0.15) is 0 Å². The summed E-state index contributed by atoms with van der Waals surface area (Å²) in [4.78, 5) is 23.5. The van der Waals surface area contributed by atoms with Crippen molar-refractivity contribution in [3.8, 4) is 0 Å². The van der Waals surface area contributed by atoms with Gasteiger partial charge < -0.3 is 5.11 Å². The molecule has 1 atom stereocenters. The fourth-order valence-corrected chi connectivity index (χ4v) is 2.75. The van der Waals surface area contributed by atoms with Gasteiger partial charge >= 0.3 is 0 Å². The molecule has 0 aliphatic heterocycles. The lowest BCUT2D eigenvalue weighted by Crippen LogP contribution is -2.24. The molecule has 1 N–H and O–H groups in total. The standard InChI is InChI=1S/C15H20O3/c1-10-5-4-8-14(17)12(10)9-15(18)11-6-2-3-7-13(11)16/h6,15,18H,2-5,7-9H2,1H3. The van der Waals surface area contributed by atoms with E-state index in [0.29, 0.717) is 24.8 Å². The van der Waals surface area contributed by atoms with Gasteiger partial charge in [0.2, 0.25) is 0 Å². The van der Waals surface area contributed by atoms with Crippen LogP contribution in [0.2, 0.25) is 0 Å². The highest BCUT2D eigenvalue weighted by atomic mass is 16.3. The summed E-state index contributed by atoms with van der Waals surface area (Å²) in [5, 5.41) is 10.2. The molecule has 0 fully saturated rings. The van der Waals surface area contributed by atoms with Crippen molar-refractivity contribution in [3.05, 3.63) is 22.8 Å². The molecule has 2 rings (SSSR count). The van der Waals surface area contributed by atoms with Gasteiger partial charge in [-0.05, 0) is 38.2 Å². The van der Waals surface area contributed by atoms with Crippen LogP contribution in [0, 0.1) is 0 Å². The van der Waals surface area contributed by atoms with Crippen LogP contribution in [0.3, 0.4) is 0 Å². The molecular weight excluding hydrogens is 228 g/mol. The number of allylic oxidation sites excluding steroid dienone is 2. The lowest BCUT2D eigenvalue weighted by molar-refractivity contribution is -0.118. The van der Waals surface area contributed by atoms with Crippen molar-refractivity contribution in [1.29, 1.82) is 0 Å². The van der Waals surface area contributed by atoms with E-state index < -0.39 is 6.10 Å². The Kier molecular flexibility index (Phi) is 4.12. The predicted molar refractivity (Wildman–Crippen MR) is 69.1 cm³/mol. The Morgan fingerprint density at radius 3 is 2.56 bits per heavy atom. The quantitative estimate of drug-likeness (QED) is 0.834. The Labute approximate surface area is 108 Å². The Balaban J connectivity index is 2.11. The summed E-state index contributed by atoms with van der Waals surface area (Å²) in [6, 6.07) is 0. The van der Waals surface area contributed by atoms with E-state index in [2.05, 4.69) is 0 Å².